The summed E-state index contributed by atoms with van der Waals surface area (Å²) in [6, 6.07) is 1.41. The van der Waals surface area contributed by atoms with Crippen molar-refractivity contribution in [3.63, 3.8) is 0 Å². The van der Waals surface area contributed by atoms with E-state index in [9.17, 15) is 4.39 Å². The second-order valence-electron chi connectivity index (χ2n) is 3.68. The number of aromatic nitrogens is 1. The third-order valence-corrected chi connectivity index (χ3v) is 2.57. The average Bonchev–Trinajstić information content (AvgIpc) is 2.17. The van der Waals surface area contributed by atoms with Gasteiger partial charge in [-0.2, -0.15) is 0 Å². The summed E-state index contributed by atoms with van der Waals surface area (Å²) in [5.41, 5.74) is 5.51. The Hall–Kier alpha value is -0.680. The highest BCUT2D eigenvalue weighted by Gasteiger charge is 2.11. The van der Waals surface area contributed by atoms with Gasteiger partial charge in [-0.05, 0) is 34.5 Å². The standard InChI is InChI=1S/C10H15BrFN3/c1-7(4-13)6-15(2)10-9(12)3-8(11)5-14-10/h3,5,7H,4,6,13H2,1-2H3. The molecule has 1 heterocycles. The van der Waals surface area contributed by atoms with Gasteiger partial charge in [-0.25, -0.2) is 9.37 Å². The summed E-state index contributed by atoms with van der Waals surface area (Å²) < 4.78 is 14.1. The van der Waals surface area contributed by atoms with E-state index >= 15 is 0 Å². The lowest BCUT2D eigenvalue weighted by atomic mass is 10.2. The fourth-order valence-corrected chi connectivity index (χ4v) is 1.62. The minimum Gasteiger partial charge on any atom is -0.357 e. The molecule has 5 heteroatoms. The van der Waals surface area contributed by atoms with Crippen LogP contribution in [0.3, 0.4) is 0 Å². The van der Waals surface area contributed by atoms with Crippen LogP contribution in [0.1, 0.15) is 6.92 Å². The van der Waals surface area contributed by atoms with Gasteiger partial charge in [0.15, 0.2) is 11.6 Å². The number of rotatable bonds is 4. The summed E-state index contributed by atoms with van der Waals surface area (Å²) in [4.78, 5) is 5.81. The van der Waals surface area contributed by atoms with Crippen molar-refractivity contribution in [2.24, 2.45) is 11.7 Å². The minimum absolute atomic E-state index is 0.319. The smallest absolute Gasteiger partial charge is 0.166 e. The van der Waals surface area contributed by atoms with E-state index in [1.807, 2.05) is 14.0 Å². The molecule has 1 atom stereocenters. The van der Waals surface area contributed by atoms with Gasteiger partial charge in [-0.3, -0.25) is 0 Å². The maximum absolute atomic E-state index is 13.5. The first-order chi connectivity index (χ1) is 7.04. The highest BCUT2D eigenvalue weighted by Crippen LogP contribution is 2.19. The molecule has 1 rings (SSSR count). The zero-order chi connectivity index (χ0) is 11.4. The van der Waals surface area contributed by atoms with Gasteiger partial charge < -0.3 is 10.6 Å². The molecule has 0 amide bonds. The van der Waals surface area contributed by atoms with Crippen molar-refractivity contribution in [1.29, 1.82) is 0 Å². The molecule has 0 saturated carbocycles. The largest absolute Gasteiger partial charge is 0.357 e. The molecule has 0 spiro atoms. The molecule has 0 bridgehead atoms. The third-order valence-electron chi connectivity index (χ3n) is 2.14. The molecule has 2 N–H and O–H groups in total. The van der Waals surface area contributed by atoms with E-state index in [-0.39, 0.29) is 5.82 Å². The maximum Gasteiger partial charge on any atom is 0.166 e. The quantitative estimate of drug-likeness (QED) is 0.914. The maximum atomic E-state index is 13.5. The van der Waals surface area contributed by atoms with Crippen LogP contribution in [-0.4, -0.2) is 25.1 Å². The van der Waals surface area contributed by atoms with Crippen molar-refractivity contribution >= 4 is 21.7 Å². The molecule has 0 aromatic carbocycles. The molecule has 15 heavy (non-hydrogen) atoms. The lowest BCUT2D eigenvalue weighted by molar-refractivity contribution is 0.567. The topological polar surface area (TPSA) is 42.1 Å². The Kier molecular flexibility index (Phi) is 4.47. The van der Waals surface area contributed by atoms with Gasteiger partial charge in [0.25, 0.3) is 0 Å². The van der Waals surface area contributed by atoms with E-state index in [2.05, 4.69) is 20.9 Å². The normalized spacial score (nSPS) is 12.6. The van der Waals surface area contributed by atoms with E-state index < -0.39 is 0 Å². The number of hydrogen-bond donors (Lipinski definition) is 1. The lowest BCUT2D eigenvalue weighted by Gasteiger charge is -2.21. The molecule has 1 aromatic heterocycles. The molecular formula is C10H15BrFN3. The highest BCUT2D eigenvalue weighted by atomic mass is 79.9. The average molecular weight is 276 g/mol. The lowest BCUT2D eigenvalue weighted by Crippen LogP contribution is -2.29. The first kappa shape index (κ1) is 12.4. The molecule has 0 radical (unpaired) electrons. The van der Waals surface area contributed by atoms with Crippen molar-refractivity contribution in [2.75, 3.05) is 25.0 Å². The summed E-state index contributed by atoms with van der Waals surface area (Å²) in [5, 5.41) is 0. The van der Waals surface area contributed by atoms with Gasteiger partial charge in [0.05, 0.1) is 0 Å². The summed E-state index contributed by atoms with van der Waals surface area (Å²) in [6.45, 7) is 3.30. The number of hydrogen-bond acceptors (Lipinski definition) is 3. The van der Waals surface area contributed by atoms with Crippen molar-refractivity contribution in [3.8, 4) is 0 Å². The van der Waals surface area contributed by atoms with Gasteiger partial charge in [0, 0.05) is 24.3 Å². The fraction of sp³-hybridized carbons (Fsp3) is 0.500. The van der Waals surface area contributed by atoms with Gasteiger partial charge in [-0.15, -0.1) is 0 Å². The second-order valence-corrected chi connectivity index (χ2v) is 4.60. The van der Waals surface area contributed by atoms with Gasteiger partial charge in [0.2, 0.25) is 0 Å². The minimum atomic E-state index is -0.323. The van der Waals surface area contributed by atoms with Crippen LogP contribution in [-0.2, 0) is 0 Å². The fourth-order valence-electron chi connectivity index (χ4n) is 1.32. The first-order valence-electron chi connectivity index (χ1n) is 4.76. The monoisotopic (exact) mass is 275 g/mol. The van der Waals surface area contributed by atoms with Crippen LogP contribution in [0.2, 0.25) is 0 Å². The molecule has 0 saturated heterocycles. The van der Waals surface area contributed by atoms with E-state index in [1.165, 1.54) is 6.07 Å². The van der Waals surface area contributed by atoms with Crippen LogP contribution >= 0.6 is 15.9 Å². The molecular weight excluding hydrogens is 261 g/mol. The Bertz CT molecular complexity index is 332. The third kappa shape index (κ3) is 3.43. The second kappa shape index (κ2) is 5.42. The SMILES string of the molecule is CC(CN)CN(C)c1ncc(Br)cc1F. The predicted molar refractivity (Wildman–Crippen MR) is 63.4 cm³/mol. The zero-order valence-electron chi connectivity index (χ0n) is 8.87. The molecule has 1 aromatic rings. The number of nitrogens with zero attached hydrogens (tertiary/aromatic N) is 2. The molecule has 0 aliphatic heterocycles. The number of nitrogens with two attached hydrogens (primary N) is 1. The van der Waals surface area contributed by atoms with Crippen molar-refractivity contribution in [1.82, 2.24) is 4.98 Å². The van der Waals surface area contributed by atoms with Crippen molar-refractivity contribution < 1.29 is 4.39 Å². The number of anilines is 1. The highest BCUT2D eigenvalue weighted by molar-refractivity contribution is 9.10. The molecule has 0 fully saturated rings. The van der Waals surface area contributed by atoms with Crippen LogP contribution in [0.25, 0.3) is 0 Å². The Morgan fingerprint density at radius 1 is 1.67 bits per heavy atom. The van der Waals surface area contributed by atoms with Gasteiger partial charge in [0.1, 0.15) is 0 Å². The van der Waals surface area contributed by atoms with Crippen LogP contribution in [0.5, 0.6) is 0 Å². The molecule has 0 aliphatic carbocycles. The first-order valence-corrected chi connectivity index (χ1v) is 5.56. The number of pyridine rings is 1. The Balaban J connectivity index is 2.77. The molecule has 0 aliphatic rings. The van der Waals surface area contributed by atoms with Crippen molar-refractivity contribution in [2.45, 2.75) is 6.92 Å². The number of halogens is 2. The Morgan fingerprint density at radius 2 is 2.33 bits per heavy atom. The molecule has 1 unspecified atom stereocenters. The van der Waals surface area contributed by atoms with Crippen molar-refractivity contribution in [3.05, 3.63) is 22.6 Å². The van der Waals surface area contributed by atoms with E-state index in [1.54, 1.807) is 11.1 Å². The van der Waals surface area contributed by atoms with E-state index in [4.69, 9.17) is 5.73 Å². The Morgan fingerprint density at radius 3 is 2.87 bits per heavy atom. The summed E-state index contributed by atoms with van der Waals surface area (Å²) in [7, 11) is 1.81. The van der Waals surface area contributed by atoms with Gasteiger partial charge in [-0.1, -0.05) is 6.92 Å². The zero-order valence-corrected chi connectivity index (χ0v) is 10.5. The summed E-state index contributed by atoms with van der Waals surface area (Å²) in [6.07, 6.45) is 1.59. The summed E-state index contributed by atoms with van der Waals surface area (Å²) in [5.74, 6) is 0.356. The van der Waals surface area contributed by atoms with Crippen LogP contribution in [0.15, 0.2) is 16.7 Å². The molecule has 3 nitrogen and oxygen atoms in total. The predicted octanol–water partition coefficient (Wildman–Crippen LogP) is 2.01. The van der Waals surface area contributed by atoms with E-state index in [0.717, 1.165) is 0 Å². The van der Waals surface area contributed by atoms with Crippen LogP contribution in [0, 0.1) is 11.7 Å². The van der Waals surface area contributed by atoms with Crippen LogP contribution < -0.4 is 10.6 Å². The molecule has 84 valence electrons. The van der Waals surface area contributed by atoms with E-state index in [0.29, 0.717) is 29.3 Å². The summed E-state index contributed by atoms with van der Waals surface area (Å²) >= 11 is 3.17. The Labute approximate surface area is 97.6 Å². The van der Waals surface area contributed by atoms with Gasteiger partial charge >= 0.3 is 0 Å². The van der Waals surface area contributed by atoms with Crippen LogP contribution in [0.4, 0.5) is 10.2 Å².